The lowest BCUT2D eigenvalue weighted by Gasteiger charge is -2.11. The Morgan fingerprint density at radius 3 is 2.50 bits per heavy atom. The van der Waals surface area contributed by atoms with Gasteiger partial charge in [-0.1, -0.05) is 0 Å². The van der Waals surface area contributed by atoms with Gasteiger partial charge in [-0.15, -0.1) is 0 Å². The molecule has 2 nitrogen and oxygen atoms in total. The highest BCUT2D eigenvalue weighted by molar-refractivity contribution is 5.51. The predicted molar refractivity (Wildman–Crippen MR) is 44.0 cm³/mol. The van der Waals surface area contributed by atoms with Gasteiger partial charge < -0.3 is 10.6 Å². The summed E-state index contributed by atoms with van der Waals surface area (Å²) in [5.74, 6) is 0. The Labute approximate surface area is 61.3 Å². The van der Waals surface area contributed by atoms with Crippen LogP contribution in [0.15, 0.2) is 18.2 Å². The van der Waals surface area contributed by atoms with Crippen LogP contribution in [-0.2, 0) is 0 Å². The molecule has 0 atom stereocenters. The number of benzene rings is 1. The van der Waals surface area contributed by atoms with Crippen molar-refractivity contribution in [3.05, 3.63) is 24.3 Å². The van der Waals surface area contributed by atoms with E-state index in [9.17, 15) is 0 Å². The fourth-order valence-electron chi connectivity index (χ4n) is 0.707. The Kier molecular flexibility index (Phi) is 1.81. The third kappa shape index (κ3) is 1.41. The van der Waals surface area contributed by atoms with Crippen molar-refractivity contribution >= 4 is 11.4 Å². The van der Waals surface area contributed by atoms with Gasteiger partial charge in [-0.05, 0) is 18.2 Å². The van der Waals surface area contributed by atoms with E-state index >= 15 is 0 Å². The van der Waals surface area contributed by atoms with Crippen molar-refractivity contribution in [2.45, 2.75) is 0 Å². The van der Waals surface area contributed by atoms with Gasteiger partial charge in [-0.25, -0.2) is 0 Å². The second kappa shape index (κ2) is 2.60. The molecule has 1 radical (unpaired) electrons. The molecule has 0 saturated heterocycles. The Morgan fingerprint density at radius 1 is 1.40 bits per heavy atom. The SMILES string of the molecule is CN(C)c1c[c]c(N)cc1. The van der Waals surface area contributed by atoms with E-state index in [-0.39, 0.29) is 0 Å². The van der Waals surface area contributed by atoms with Crippen molar-refractivity contribution in [1.82, 2.24) is 0 Å². The van der Waals surface area contributed by atoms with Crippen molar-refractivity contribution < 1.29 is 0 Å². The molecule has 0 aliphatic carbocycles. The quantitative estimate of drug-likeness (QED) is 0.585. The smallest absolute Gasteiger partial charge is 0.0396 e. The Hall–Kier alpha value is -1.18. The molecule has 0 spiro atoms. The van der Waals surface area contributed by atoms with Gasteiger partial charge in [0.2, 0.25) is 0 Å². The molecule has 1 rings (SSSR count). The molecule has 0 unspecified atom stereocenters. The van der Waals surface area contributed by atoms with Gasteiger partial charge >= 0.3 is 0 Å². The highest BCUT2D eigenvalue weighted by Gasteiger charge is 1.91. The van der Waals surface area contributed by atoms with Gasteiger partial charge in [0.1, 0.15) is 0 Å². The summed E-state index contributed by atoms with van der Waals surface area (Å²) in [6, 6.07) is 8.59. The van der Waals surface area contributed by atoms with Crippen molar-refractivity contribution in [3.8, 4) is 0 Å². The molecule has 0 aliphatic rings. The largest absolute Gasteiger partial charge is 0.398 e. The minimum absolute atomic E-state index is 0.686. The lowest BCUT2D eigenvalue weighted by molar-refractivity contribution is 1.13. The zero-order valence-corrected chi connectivity index (χ0v) is 6.26. The van der Waals surface area contributed by atoms with Crippen molar-refractivity contribution in [3.63, 3.8) is 0 Å². The van der Waals surface area contributed by atoms with E-state index in [1.54, 1.807) is 0 Å². The number of rotatable bonds is 1. The van der Waals surface area contributed by atoms with E-state index in [1.165, 1.54) is 0 Å². The second-order valence-corrected chi connectivity index (χ2v) is 2.40. The van der Waals surface area contributed by atoms with Gasteiger partial charge in [0, 0.05) is 31.5 Å². The number of anilines is 2. The summed E-state index contributed by atoms with van der Waals surface area (Å²) in [7, 11) is 3.97. The summed E-state index contributed by atoms with van der Waals surface area (Å²) in [6.07, 6.45) is 0. The summed E-state index contributed by atoms with van der Waals surface area (Å²) in [6.45, 7) is 0. The molecule has 0 heterocycles. The van der Waals surface area contributed by atoms with E-state index < -0.39 is 0 Å². The van der Waals surface area contributed by atoms with Crippen molar-refractivity contribution in [2.24, 2.45) is 0 Å². The Balaban J connectivity index is 2.89. The van der Waals surface area contributed by atoms with Crippen LogP contribution in [0.5, 0.6) is 0 Å². The van der Waals surface area contributed by atoms with Gasteiger partial charge in [0.25, 0.3) is 0 Å². The number of hydrogen-bond acceptors (Lipinski definition) is 2. The molecular weight excluding hydrogens is 124 g/mol. The van der Waals surface area contributed by atoms with E-state index in [1.807, 2.05) is 37.2 Å². The minimum atomic E-state index is 0.686. The summed E-state index contributed by atoms with van der Waals surface area (Å²) in [4.78, 5) is 2.01. The first-order chi connectivity index (χ1) is 4.70. The van der Waals surface area contributed by atoms with Crippen LogP contribution in [0.4, 0.5) is 11.4 Å². The second-order valence-electron chi connectivity index (χ2n) is 2.40. The third-order valence-electron chi connectivity index (χ3n) is 1.34. The molecule has 0 aromatic heterocycles. The van der Waals surface area contributed by atoms with Gasteiger partial charge in [-0.2, -0.15) is 0 Å². The normalized spacial score (nSPS) is 9.40. The van der Waals surface area contributed by atoms with E-state index in [2.05, 4.69) is 6.07 Å². The maximum Gasteiger partial charge on any atom is 0.0396 e. The number of nitrogens with two attached hydrogens (primary N) is 1. The van der Waals surface area contributed by atoms with Crippen LogP contribution >= 0.6 is 0 Å². The molecule has 0 amide bonds. The van der Waals surface area contributed by atoms with Crippen LogP contribution in [-0.4, -0.2) is 14.1 Å². The number of hydrogen-bond donors (Lipinski definition) is 1. The zero-order valence-electron chi connectivity index (χ0n) is 6.26. The molecule has 2 heteroatoms. The zero-order chi connectivity index (χ0) is 7.56. The average Bonchev–Trinajstić information content (AvgIpc) is 1.88. The molecule has 10 heavy (non-hydrogen) atoms. The average molecular weight is 135 g/mol. The molecule has 0 saturated carbocycles. The van der Waals surface area contributed by atoms with Crippen molar-refractivity contribution in [1.29, 1.82) is 0 Å². The molecular formula is C8H11N2. The maximum absolute atomic E-state index is 5.45. The van der Waals surface area contributed by atoms with Crippen LogP contribution in [0, 0.1) is 6.07 Å². The monoisotopic (exact) mass is 135 g/mol. The van der Waals surface area contributed by atoms with E-state index in [0.29, 0.717) is 5.69 Å². The fourth-order valence-corrected chi connectivity index (χ4v) is 0.707. The van der Waals surface area contributed by atoms with E-state index in [0.717, 1.165) is 5.69 Å². The highest BCUT2D eigenvalue weighted by Crippen LogP contribution is 2.11. The van der Waals surface area contributed by atoms with Crippen molar-refractivity contribution in [2.75, 3.05) is 24.7 Å². The molecule has 1 aromatic carbocycles. The van der Waals surface area contributed by atoms with Crippen LogP contribution in [0.2, 0.25) is 0 Å². The molecule has 0 aliphatic heterocycles. The molecule has 0 bridgehead atoms. The number of nitrogen functional groups attached to an aromatic ring is 1. The standard InChI is InChI=1S/C8H11N2/c1-10(2)8-5-3-7(9)4-6-8/h3,5-6H,9H2,1-2H3. The lowest BCUT2D eigenvalue weighted by atomic mass is 10.3. The molecule has 2 N–H and O–H groups in total. The predicted octanol–water partition coefficient (Wildman–Crippen LogP) is 1.13. The first-order valence-corrected chi connectivity index (χ1v) is 3.14. The lowest BCUT2D eigenvalue weighted by Crippen LogP contribution is -2.08. The third-order valence-corrected chi connectivity index (χ3v) is 1.34. The minimum Gasteiger partial charge on any atom is -0.398 e. The summed E-state index contributed by atoms with van der Waals surface area (Å²) >= 11 is 0. The van der Waals surface area contributed by atoms with Gasteiger partial charge in [0.05, 0.1) is 0 Å². The number of nitrogens with zero attached hydrogens (tertiary/aromatic N) is 1. The molecule has 0 fully saturated rings. The summed E-state index contributed by atoms with van der Waals surface area (Å²) in [5, 5.41) is 0. The highest BCUT2D eigenvalue weighted by atomic mass is 15.1. The van der Waals surface area contributed by atoms with E-state index in [4.69, 9.17) is 5.73 Å². The van der Waals surface area contributed by atoms with Crippen LogP contribution in [0.3, 0.4) is 0 Å². The first kappa shape index (κ1) is 6.93. The summed E-state index contributed by atoms with van der Waals surface area (Å²) < 4.78 is 0. The van der Waals surface area contributed by atoms with Gasteiger partial charge in [0.15, 0.2) is 0 Å². The van der Waals surface area contributed by atoms with Gasteiger partial charge in [-0.3, -0.25) is 0 Å². The Bertz CT molecular complexity index is 201. The van der Waals surface area contributed by atoms with Crippen LogP contribution < -0.4 is 10.6 Å². The first-order valence-electron chi connectivity index (χ1n) is 3.14. The maximum atomic E-state index is 5.45. The molecule has 1 aromatic rings. The fraction of sp³-hybridized carbons (Fsp3) is 0.250. The summed E-state index contributed by atoms with van der Waals surface area (Å²) in [5.41, 5.74) is 7.26. The topological polar surface area (TPSA) is 29.3 Å². The molecule has 53 valence electrons. The van der Waals surface area contributed by atoms with Crippen LogP contribution in [0.25, 0.3) is 0 Å². The van der Waals surface area contributed by atoms with Crippen LogP contribution in [0.1, 0.15) is 0 Å². The Morgan fingerprint density at radius 2 is 2.10 bits per heavy atom.